The van der Waals surface area contributed by atoms with Crippen LogP contribution in [-0.4, -0.2) is 68.6 Å². The Labute approximate surface area is 221 Å². The molecule has 38 heavy (non-hydrogen) atoms. The van der Waals surface area contributed by atoms with Crippen molar-refractivity contribution in [3.8, 4) is 11.5 Å². The molecule has 3 heterocycles. The number of para-hydroxylation sites is 1. The molecule has 0 aliphatic carbocycles. The standard InChI is InChI=1S/C30H30FN3O4/c1-37-25-17-19-11-12-34-28(22(19)18-26(25)38-2)27(20-7-3-4-8-21(20)29(34)35)30(36)33-15-13-32(14-16-33)24-10-6-5-9-23(24)31/h3-10,17-18,27-28H,11-16H2,1-2H3/t27-,28-/m1/s1. The van der Waals surface area contributed by atoms with Gasteiger partial charge in [-0.2, -0.15) is 0 Å². The summed E-state index contributed by atoms with van der Waals surface area (Å²) in [5, 5.41) is 0. The second kappa shape index (κ2) is 9.67. The summed E-state index contributed by atoms with van der Waals surface area (Å²) < 4.78 is 25.5. The quantitative estimate of drug-likeness (QED) is 0.525. The molecule has 3 aliphatic heterocycles. The first-order chi connectivity index (χ1) is 18.5. The molecule has 0 saturated carbocycles. The largest absolute Gasteiger partial charge is 0.493 e. The molecule has 0 bridgehead atoms. The Morgan fingerprint density at radius 3 is 2.29 bits per heavy atom. The van der Waals surface area contributed by atoms with E-state index >= 15 is 0 Å². The number of fused-ring (bicyclic) bond motifs is 4. The van der Waals surface area contributed by atoms with Gasteiger partial charge in [-0.05, 0) is 53.4 Å². The summed E-state index contributed by atoms with van der Waals surface area (Å²) in [6.45, 7) is 2.55. The molecular weight excluding hydrogens is 485 g/mol. The molecule has 1 saturated heterocycles. The molecule has 0 N–H and O–H groups in total. The van der Waals surface area contributed by atoms with Crippen LogP contribution in [0, 0.1) is 5.82 Å². The number of hydrogen-bond acceptors (Lipinski definition) is 5. The zero-order valence-corrected chi connectivity index (χ0v) is 21.5. The molecule has 1 fully saturated rings. The Kier molecular flexibility index (Phi) is 6.18. The van der Waals surface area contributed by atoms with E-state index in [9.17, 15) is 14.0 Å². The predicted molar refractivity (Wildman–Crippen MR) is 141 cm³/mol. The molecule has 3 aromatic carbocycles. The van der Waals surface area contributed by atoms with Crippen LogP contribution in [0.5, 0.6) is 11.5 Å². The van der Waals surface area contributed by atoms with Crippen molar-refractivity contribution in [2.45, 2.75) is 18.4 Å². The number of benzene rings is 3. The van der Waals surface area contributed by atoms with Gasteiger partial charge in [0.1, 0.15) is 5.82 Å². The van der Waals surface area contributed by atoms with E-state index in [1.54, 1.807) is 26.4 Å². The van der Waals surface area contributed by atoms with Crippen LogP contribution >= 0.6 is 0 Å². The second-order valence-electron chi connectivity index (χ2n) is 9.93. The van der Waals surface area contributed by atoms with Crippen LogP contribution in [-0.2, 0) is 11.2 Å². The Morgan fingerprint density at radius 1 is 0.868 bits per heavy atom. The van der Waals surface area contributed by atoms with E-state index in [-0.39, 0.29) is 17.6 Å². The van der Waals surface area contributed by atoms with Gasteiger partial charge in [-0.25, -0.2) is 4.39 Å². The lowest BCUT2D eigenvalue weighted by molar-refractivity contribution is -0.135. The minimum Gasteiger partial charge on any atom is -0.493 e. The maximum atomic E-state index is 14.4. The van der Waals surface area contributed by atoms with Crippen LogP contribution in [0.4, 0.5) is 10.1 Å². The first kappa shape index (κ1) is 24.3. The Hall–Kier alpha value is -4.07. The van der Waals surface area contributed by atoms with E-state index in [4.69, 9.17) is 9.47 Å². The molecular formula is C30H30FN3O4. The molecule has 0 spiro atoms. The average Bonchev–Trinajstić information content (AvgIpc) is 2.96. The van der Waals surface area contributed by atoms with Gasteiger partial charge in [0.2, 0.25) is 5.91 Å². The van der Waals surface area contributed by atoms with Crippen LogP contribution in [0.3, 0.4) is 0 Å². The SMILES string of the molecule is COc1cc2c(cc1OC)[C@@H]1[C@H](C(=O)N3CCN(c4ccccc4F)CC3)c3ccccc3C(=O)N1CC2. The van der Waals surface area contributed by atoms with E-state index in [1.807, 2.05) is 57.2 Å². The van der Waals surface area contributed by atoms with Crippen molar-refractivity contribution in [2.24, 2.45) is 0 Å². The van der Waals surface area contributed by atoms with E-state index < -0.39 is 12.0 Å². The normalized spacial score (nSPS) is 20.4. The molecule has 6 rings (SSSR count). The number of rotatable bonds is 4. The maximum Gasteiger partial charge on any atom is 0.254 e. The number of ether oxygens (including phenoxy) is 2. The minimum atomic E-state index is -0.555. The summed E-state index contributed by atoms with van der Waals surface area (Å²) in [5.74, 6) is 0.320. The lowest BCUT2D eigenvalue weighted by Crippen LogP contribution is -2.54. The fourth-order valence-corrected chi connectivity index (χ4v) is 6.19. The molecule has 3 aliphatic rings. The highest BCUT2D eigenvalue weighted by Crippen LogP contribution is 2.49. The van der Waals surface area contributed by atoms with Crippen molar-refractivity contribution in [3.05, 3.63) is 88.7 Å². The average molecular weight is 516 g/mol. The Bertz CT molecular complexity index is 1400. The number of carbonyl (C=O) groups is 2. The fourth-order valence-electron chi connectivity index (χ4n) is 6.19. The number of carbonyl (C=O) groups excluding carboxylic acids is 2. The second-order valence-corrected chi connectivity index (χ2v) is 9.93. The van der Waals surface area contributed by atoms with Crippen molar-refractivity contribution in [1.29, 1.82) is 0 Å². The first-order valence-corrected chi connectivity index (χ1v) is 12.9. The van der Waals surface area contributed by atoms with Crippen LogP contribution < -0.4 is 14.4 Å². The lowest BCUT2D eigenvalue weighted by atomic mass is 9.75. The molecule has 0 unspecified atom stereocenters. The zero-order valence-electron chi connectivity index (χ0n) is 21.5. The zero-order chi connectivity index (χ0) is 26.4. The van der Waals surface area contributed by atoms with Crippen molar-refractivity contribution in [1.82, 2.24) is 9.80 Å². The number of methoxy groups -OCH3 is 2. The van der Waals surface area contributed by atoms with Gasteiger partial charge < -0.3 is 24.2 Å². The first-order valence-electron chi connectivity index (χ1n) is 12.9. The molecule has 0 radical (unpaired) electrons. The number of halogens is 1. The van der Waals surface area contributed by atoms with E-state index in [2.05, 4.69) is 0 Å². The number of hydrogen-bond donors (Lipinski definition) is 0. The summed E-state index contributed by atoms with van der Waals surface area (Å²) in [7, 11) is 3.19. The van der Waals surface area contributed by atoms with Gasteiger partial charge >= 0.3 is 0 Å². The number of anilines is 1. The van der Waals surface area contributed by atoms with Crippen molar-refractivity contribution in [2.75, 3.05) is 51.8 Å². The number of amides is 2. The maximum absolute atomic E-state index is 14.4. The van der Waals surface area contributed by atoms with Gasteiger partial charge in [0.25, 0.3) is 5.91 Å². The smallest absolute Gasteiger partial charge is 0.254 e. The number of piperazine rings is 1. The Morgan fingerprint density at radius 2 is 1.55 bits per heavy atom. The van der Waals surface area contributed by atoms with Crippen LogP contribution in [0.15, 0.2) is 60.7 Å². The van der Waals surface area contributed by atoms with E-state index in [0.717, 1.165) is 16.7 Å². The van der Waals surface area contributed by atoms with E-state index in [1.165, 1.54) is 6.07 Å². The number of nitrogens with zero attached hydrogens (tertiary/aromatic N) is 3. The molecule has 2 atom stereocenters. The topological polar surface area (TPSA) is 62.3 Å². The summed E-state index contributed by atoms with van der Waals surface area (Å²) in [5.41, 5.74) is 3.86. The van der Waals surface area contributed by atoms with Gasteiger partial charge in [-0.15, -0.1) is 0 Å². The van der Waals surface area contributed by atoms with Gasteiger partial charge in [0, 0.05) is 38.3 Å². The van der Waals surface area contributed by atoms with Gasteiger partial charge in [0.15, 0.2) is 11.5 Å². The molecule has 0 aromatic heterocycles. The lowest BCUT2D eigenvalue weighted by Gasteiger charge is -2.47. The Balaban J connectivity index is 1.37. The van der Waals surface area contributed by atoms with Crippen LogP contribution in [0.1, 0.15) is 39.0 Å². The predicted octanol–water partition coefficient (Wildman–Crippen LogP) is 4.03. The van der Waals surface area contributed by atoms with Crippen molar-refractivity contribution < 1.29 is 23.5 Å². The molecule has 8 heteroatoms. The van der Waals surface area contributed by atoms with Gasteiger partial charge in [-0.3, -0.25) is 9.59 Å². The molecule has 3 aromatic rings. The highest BCUT2D eigenvalue weighted by atomic mass is 19.1. The van der Waals surface area contributed by atoms with Gasteiger partial charge in [0.05, 0.1) is 31.9 Å². The highest BCUT2D eigenvalue weighted by Gasteiger charge is 2.48. The van der Waals surface area contributed by atoms with Crippen LogP contribution in [0.2, 0.25) is 0 Å². The summed E-state index contributed by atoms with van der Waals surface area (Å²) >= 11 is 0. The summed E-state index contributed by atoms with van der Waals surface area (Å²) in [6, 6.07) is 17.6. The molecule has 196 valence electrons. The monoisotopic (exact) mass is 515 g/mol. The summed E-state index contributed by atoms with van der Waals surface area (Å²) in [4.78, 5) is 33.6. The third kappa shape index (κ3) is 3.86. The molecule has 2 amide bonds. The third-order valence-corrected chi connectivity index (χ3v) is 8.08. The fraction of sp³-hybridized carbons (Fsp3) is 0.333. The van der Waals surface area contributed by atoms with Crippen molar-refractivity contribution in [3.63, 3.8) is 0 Å². The van der Waals surface area contributed by atoms with E-state index in [0.29, 0.717) is 61.9 Å². The third-order valence-electron chi connectivity index (χ3n) is 8.08. The molecule has 7 nitrogen and oxygen atoms in total. The minimum absolute atomic E-state index is 0.0178. The highest BCUT2D eigenvalue weighted by molar-refractivity contribution is 6.01. The van der Waals surface area contributed by atoms with Gasteiger partial charge in [-0.1, -0.05) is 30.3 Å². The van der Waals surface area contributed by atoms with Crippen molar-refractivity contribution >= 4 is 17.5 Å². The van der Waals surface area contributed by atoms with Crippen LogP contribution in [0.25, 0.3) is 0 Å². The summed E-state index contributed by atoms with van der Waals surface area (Å²) in [6.07, 6.45) is 0.669.